The molecule has 0 unspecified atom stereocenters. The first-order valence-corrected chi connectivity index (χ1v) is 8.12. The lowest BCUT2D eigenvalue weighted by atomic mass is 10.1. The third-order valence-electron chi connectivity index (χ3n) is 3.96. The van der Waals surface area contributed by atoms with Gasteiger partial charge in [-0.05, 0) is 23.8 Å². The molecule has 0 saturated heterocycles. The predicted molar refractivity (Wildman–Crippen MR) is 96.3 cm³/mol. The van der Waals surface area contributed by atoms with Gasteiger partial charge >= 0.3 is 0 Å². The van der Waals surface area contributed by atoms with E-state index in [0.29, 0.717) is 29.2 Å². The summed E-state index contributed by atoms with van der Waals surface area (Å²) in [5.74, 6) is 0.00474. The number of nitrogens with zero attached hydrogens (tertiary/aromatic N) is 2. The lowest BCUT2D eigenvalue weighted by molar-refractivity contribution is -0.118. The predicted octanol–water partition coefficient (Wildman–Crippen LogP) is 2.51. The molecule has 0 bridgehead atoms. The van der Waals surface area contributed by atoms with Gasteiger partial charge in [0.1, 0.15) is 5.75 Å². The first-order chi connectivity index (χ1) is 12.7. The van der Waals surface area contributed by atoms with Crippen molar-refractivity contribution in [3.05, 3.63) is 72.1 Å². The number of fused-ring (bicyclic) bond motifs is 1. The second-order valence-corrected chi connectivity index (χ2v) is 5.91. The zero-order chi connectivity index (χ0) is 17.9. The van der Waals surface area contributed by atoms with Crippen molar-refractivity contribution in [3.63, 3.8) is 0 Å². The molecule has 1 aliphatic rings. The summed E-state index contributed by atoms with van der Waals surface area (Å²) in [5, 5.41) is 9.77. The van der Waals surface area contributed by atoms with Crippen LogP contribution in [0.3, 0.4) is 0 Å². The quantitative estimate of drug-likeness (QED) is 0.759. The van der Waals surface area contributed by atoms with E-state index in [9.17, 15) is 9.59 Å². The number of anilines is 2. The molecular formula is C19H16N4O3. The maximum atomic E-state index is 12.4. The molecule has 26 heavy (non-hydrogen) atoms. The molecule has 7 nitrogen and oxygen atoms in total. The summed E-state index contributed by atoms with van der Waals surface area (Å²) in [6.07, 6.45) is 3.38. The Kier molecular flexibility index (Phi) is 4.10. The zero-order valence-corrected chi connectivity index (χ0v) is 13.8. The van der Waals surface area contributed by atoms with Crippen LogP contribution < -0.4 is 15.4 Å². The Balaban J connectivity index is 1.44. The summed E-state index contributed by atoms with van der Waals surface area (Å²) in [7, 11) is 0. The van der Waals surface area contributed by atoms with Crippen molar-refractivity contribution >= 4 is 23.2 Å². The van der Waals surface area contributed by atoms with Crippen molar-refractivity contribution in [2.45, 2.75) is 6.54 Å². The summed E-state index contributed by atoms with van der Waals surface area (Å²) in [5.41, 5.74) is 2.74. The van der Waals surface area contributed by atoms with E-state index in [4.69, 9.17) is 4.74 Å². The summed E-state index contributed by atoms with van der Waals surface area (Å²) in [6.45, 7) is 0.577. The third-order valence-corrected chi connectivity index (χ3v) is 3.96. The zero-order valence-electron chi connectivity index (χ0n) is 13.8. The van der Waals surface area contributed by atoms with Gasteiger partial charge < -0.3 is 15.4 Å². The molecule has 1 aliphatic heterocycles. The monoisotopic (exact) mass is 348 g/mol. The maximum Gasteiger partial charge on any atom is 0.262 e. The van der Waals surface area contributed by atoms with Gasteiger partial charge in [-0.25, -0.2) is 0 Å². The Hall–Kier alpha value is -3.61. The first kappa shape index (κ1) is 15.9. The van der Waals surface area contributed by atoms with Gasteiger partial charge in [-0.2, -0.15) is 5.10 Å². The molecule has 3 aromatic rings. The molecule has 2 amide bonds. The molecule has 4 rings (SSSR count). The van der Waals surface area contributed by atoms with Crippen LogP contribution in [0.1, 0.15) is 15.9 Å². The molecule has 0 saturated carbocycles. The Morgan fingerprint density at radius 1 is 1.23 bits per heavy atom. The van der Waals surface area contributed by atoms with Crippen molar-refractivity contribution < 1.29 is 14.3 Å². The maximum absolute atomic E-state index is 12.4. The molecule has 1 aromatic heterocycles. The fourth-order valence-corrected chi connectivity index (χ4v) is 2.70. The highest BCUT2D eigenvalue weighted by atomic mass is 16.5. The number of benzene rings is 2. The van der Waals surface area contributed by atoms with Crippen LogP contribution in [-0.4, -0.2) is 28.2 Å². The van der Waals surface area contributed by atoms with Crippen molar-refractivity contribution in [2.75, 3.05) is 17.2 Å². The molecule has 7 heteroatoms. The second kappa shape index (κ2) is 6.72. The highest BCUT2D eigenvalue weighted by Crippen LogP contribution is 2.28. The van der Waals surface area contributed by atoms with Crippen molar-refractivity contribution in [1.29, 1.82) is 0 Å². The van der Waals surface area contributed by atoms with Gasteiger partial charge in [0.2, 0.25) is 0 Å². The average molecular weight is 348 g/mol. The number of amides is 2. The number of hydrogen-bond acceptors (Lipinski definition) is 4. The van der Waals surface area contributed by atoms with Crippen LogP contribution in [0.4, 0.5) is 11.4 Å². The van der Waals surface area contributed by atoms with Crippen LogP contribution in [0.2, 0.25) is 0 Å². The molecule has 2 aromatic carbocycles. The van der Waals surface area contributed by atoms with Gasteiger partial charge in [0, 0.05) is 11.8 Å². The highest BCUT2D eigenvalue weighted by Gasteiger charge is 2.18. The van der Waals surface area contributed by atoms with E-state index in [1.54, 1.807) is 35.3 Å². The van der Waals surface area contributed by atoms with E-state index in [0.717, 1.165) is 5.56 Å². The number of rotatable bonds is 4. The molecule has 2 heterocycles. The molecular weight excluding hydrogens is 332 g/mol. The van der Waals surface area contributed by atoms with Crippen molar-refractivity contribution in [2.24, 2.45) is 0 Å². The molecule has 0 fully saturated rings. The van der Waals surface area contributed by atoms with E-state index in [-0.39, 0.29) is 18.4 Å². The van der Waals surface area contributed by atoms with Crippen LogP contribution in [0, 0.1) is 0 Å². The number of carbonyl (C=O) groups is 2. The van der Waals surface area contributed by atoms with Crippen LogP contribution >= 0.6 is 0 Å². The van der Waals surface area contributed by atoms with E-state index in [2.05, 4.69) is 15.7 Å². The van der Waals surface area contributed by atoms with Gasteiger partial charge in [0.15, 0.2) is 6.61 Å². The fourth-order valence-electron chi connectivity index (χ4n) is 2.70. The van der Waals surface area contributed by atoms with E-state index in [1.165, 1.54) is 0 Å². The minimum Gasteiger partial charge on any atom is -0.482 e. The van der Waals surface area contributed by atoms with E-state index < -0.39 is 0 Å². The number of carbonyl (C=O) groups excluding carboxylic acids is 2. The summed E-state index contributed by atoms with van der Waals surface area (Å²) >= 11 is 0. The number of aromatic nitrogens is 2. The Morgan fingerprint density at radius 2 is 2.08 bits per heavy atom. The topological polar surface area (TPSA) is 85.2 Å². The minimum atomic E-state index is -0.271. The first-order valence-electron chi connectivity index (χ1n) is 8.12. The third kappa shape index (κ3) is 3.41. The number of nitrogens with one attached hydrogen (secondary N) is 2. The van der Waals surface area contributed by atoms with Crippen LogP contribution in [-0.2, 0) is 11.3 Å². The summed E-state index contributed by atoms with van der Waals surface area (Å²) in [4.78, 5) is 23.7. The van der Waals surface area contributed by atoms with Crippen LogP contribution in [0.5, 0.6) is 5.75 Å². The Labute approximate surface area is 149 Å². The van der Waals surface area contributed by atoms with Gasteiger partial charge in [-0.15, -0.1) is 0 Å². The van der Waals surface area contributed by atoms with E-state index >= 15 is 0 Å². The summed E-state index contributed by atoms with van der Waals surface area (Å²) in [6, 6.07) is 14.9. The summed E-state index contributed by atoms with van der Waals surface area (Å²) < 4.78 is 7.10. The molecule has 0 aliphatic carbocycles. The number of ether oxygens (including phenoxy) is 1. The van der Waals surface area contributed by atoms with E-state index in [1.807, 2.05) is 30.3 Å². The van der Waals surface area contributed by atoms with Crippen LogP contribution in [0.15, 0.2) is 60.9 Å². The molecule has 0 atom stereocenters. The fraction of sp³-hybridized carbons (Fsp3) is 0.105. The smallest absolute Gasteiger partial charge is 0.262 e. The van der Waals surface area contributed by atoms with Gasteiger partial charge in [-0.1, -0.05) is 30.3 Å². The minimum absolute atomic E-state index is 0.0513. The Bertz CT molecular complexity index is 966. The standard InChI is InChI=1S/C19H16N4O3/c24-18-12-26-17-8-14(6-7-16(17)22-18)19(25)21-15-9-20-23(11-15)10-13-4-2-1-3-5-13/h1-9,11H,10,12H2,(H,21,25)(H,22,24). The van der Waals surface area contributed by atoms with Crippen molar-refractivity contribution in [1.82, 2.24) is 9.78 Å². The molecule has 0 radical (unpaired) electrons. The van der Waals surface area contributed by atoms with Crippen molar-refractivity contribution in [3.8, 4) is 5.75 Å². The number of hydrogen-bond donors (Lipinski definition) is 2. The largest absolute Gasteiger partial charge is 0.482 e. The highest BCUT2D eigenvalue weighted by molar-refractivity contribution is 6.05. The molecule has 130 valence electrons. The normalized spacial score (nSPS) is 12.7. The van der Waals surface area contributed by atoms with Gasteiger partial charge in [-0.3, -0.25) is 14.3 Å². The average Bonchev–Trinajstić information content (AvgIpc) is 3.08. The molecule has 2 N–H and O–H groups in total. The SMILES string of the molecule is O=C1COc2cc(C(=O)Nc3cnn(Cc4ccccc4)c3)ccc2N1. The Morgan fingerprint density at radius 3 is 2.92 bits per heavy atom. The lowest BCUT2D eigenvalue weighted by Gasteiger charge is -2.18. The second-order valence-electron chi connectivity index (χ2n) is 5.91. The van der Waals surface area contributed by atoms with Gasteiger partial charge in [0.25, 0.3) is 11.8 Å². The van der Waals surface area contributed by atoms with Gasteiger partial charge in [0.05, 0.1) is 24.1 Å². The van der Waals surface area contributed by atoms with Crippen LogP contribution in [0.25, 0.3) is 0 Å². The molecule has 0 spiro atoms. The lowest BCUT2D eigenvalue weighted by Crippen LogP contribution is -2.25.